The van der Waals surface area contributed by atoms with E-state index in [4.69, 9.17) is 0 Å². The Labute approximate surface area is 112 Å². The third-order valence-electron chi connectivity index (χ3n) is 3.16. The average Bonchev–Trinajstić information content (AvgIpc) is 2.41. The van der Waals surface area contributed by atoms with Crippen LogP contribution < -0.4 is 0 Å². The van der Waals surface area contributed by atoms with Crippen LogP contribution in [0.15, 0.2) is 48.8 Å². The lowest BCUT2D eigenvalue weighted by molar-refractivity contribution is -0.141. The molecule has 1 unspecified atom stereocenters. The fourth-order valence-corrected chi connectivity index (χ4v) is 2.06. The van der Waals surface area contributed by atoms with Crippen molar-refractivity contribution in [1.82, 2.24) is 4.98 Å². The number of pyridine rings is 1. The van der Waals surface area contributed by atoms with Crippen LogP contribution in [0.1, 0.15) is 16.7 Å². The molecular weight excluding hydrogens is 238 g/mol. The maximum atomic E-state index is 11.4. The van der Waals surface area contributed by atoms with E-state index in [2.05, 4.69) is 4.98 Å². The van der Waals surface area contributed by atoms with Crippen LogP contribution in [-0.4, -0.2) is 16.1 Å². The molecular formula is C16H17NO2. The topological polar surface area (TPSA) is 50.2 Å². The summed E-state index contributed by atoms with van der Waals surface area (Å²) in [7, 11) is 0. The molecule has 0 aliphatic carbocycles. The standard InChI is InChI=1S/C16H17NO2/c1-12-4-6-13(7-5-12)9-15(16(18)19)10-14-3-2-8-17-11-14/h2-8,11,15H,9-10H2,1H3,(H,18,19). The van der Waals surface area contributed by atoms with E-state index in [-0.39, 0.29) is 0 Å². The second-order valence-electron chi connectivity index (χ2n) is 4.79. The molecule has 1 aromatic heterocycles. The van der Waals surface area contributed by atoms with E-state index in [0.717, 1.165) is 11.1 Å². The zero-order valence-electron chi connectivity index (χ0n) is 10.9. The van der Waals surface area contributed by atoms with E-state index in [0.29, 0.717) is 12.8 Å². The van der Waals surface area contributed by atoms with Crippen molar-refractivity contribution in [2.24, 2.45) is 5.92 Å². The maximum Gasteiger partial charge on any atom is 0.307 e. The van der Waals surface area contributed by atoms with Crippen molar-refractivity contribution in [3.05, 3.63) is 65.5 Å². The van der Waals surface area contributed by atoms with Gasteiger partial charge in [0.2, 0.25) is 0 Å². The van der Waals surface area contributed by atoms with Crippen molar-refractivity contribution in [3.63, 3.8) is 0 Å². The summed E-state index contributed by atoms with van der Waals surface area (Å²) in [6.45, 7) is 2.02. The Morgan fingerprint density at radius 1 is 1.16 bits per heavy atom. The summed E-state index contributed by atoms with van der Waals surface area (Å²) in [4.78, 5) is 15.4. The van der Waals surface area contributed by atoms with Gasteiger partial charge in [-0.1, -0.05) is 35.9 Å². The Balaban J connectivity index is 2.08. The molecule has 0 aliphatic rings. The van der Waals surface area contributed by atoms with Crippen LogP contribution in [0.5, 0.6) is 0 Å². The molecule has 0 fully saturated rings. The lowest BCUT2D eigenvalue weighted by atomic mass is 9.93. The first-order valence-corrected chi connectivity index (χ1v) is 6.32. The van der Waals surface area contributed by atoms with Crippen molar-refractivity contribution in [2.45, 2.75) is 19.8 Å². The van der Waals surface area contributed by atoms with Gasteiger partial charge in [0.15, 0.2) is 0 Å². The lowest BCUT2D eigenvalue weighted by Gasteiger charge is -2.12. The van der Waals surface area contributed by atoms with E-state index in [9.17, 15) is 9.90 Å². The molecule has 0 aliphatic heterocycles. The first-order valence-electron chi connectivity index (χ1n) is 6.32. The highest BCUT2D eigenvalue weighted by atomic mass is 16.4. The summed E-state index contributed by atoms with van der Waals surface area (Å²) >= 11 is 0. The van der Waals surface area contributed by atoms with Gasteiger partial charge in [0.25, 0.3) is 0 Å². The molecule has 0 spiro atoms. The van der Waals surface area contributed by atoms with Crippen molar-refractivity contribution in [1.29, 1.82) is 0 Å². The minimum Gasteiger partial charge on any atom is -0.481 e. The number of rotatable bonds is 5. The third-order valence-corrected chi connectivity index (χ3v) is 3.16. The number of carboxylic acids is 1. The maximum absolute atomic E-state index is 11.4. The monoisotopic (exact) mass is 255 g/mol. The summed E-state index contributed by atoms with van der Waals surface area (Å²) in [5, 5.41) is 9.33. The fraction of sp³-hybridized carbons (Fsp3) is 0.250. The first kappa shape index (κ1) is 13.3. The predicted octanol–water partition coefficient (Wildman–Crippen LogP) is 2.88. The molecule has 1 atom stereocenters. The van der Waals surface area contributed by atoms with Crippen molar-refractivity contribution in [2.75, 3.05) is 0 Å². The number of carbonyl (C=O) groups is 1. The van der Waals surface area contributed by atoms with Crippen LogP contribution in [0.4, 0.5) is 0 Å². The molecule has 0 radical (unpaired) electrons. The number of benzene rings is 1. The molecule has 1 N–H and O–H groups in total. The highest BCUT2D eigenvalue weighted by molar-refractivity contribution is 5.70. The van der Waals surface area contributed by atoms with E-state index in [1.165, 1.54) is 5.56 Å². The number of hydrogen-bond acceptors (Lipinski definition) is 2. The van der Waals surface area contributed by atoms with Crippen molar-refractivity contribution < 1.29 is 9.90 Å². The Morgan fingerprint density at radius 2 is 1.84 bits per heavy atom. The Hall–Kier alpha value is -2.16. The van der Waals surface area contributed by atoms with Crippen molar-refractivity contribution in [3.8, 4) is 0 Å². The number of hydrogen-bond donors (Lipinski definition) is 1. The number of aryl methyl sites for hydroxylation is 1. The van der Waals surface area contributed by atoms with Gasteiger partial charge in [-0.15, -0.1) is 0 Å². The van der Waals surface area contributed by atoms with Crippen LogP contribution in [0.3, 0.4) is 0 Å². The first-order chi connectivity index (χ1) is 9.15. The Morgan fingerprint density at radius 3 is 2.42 bits per heavy atom. The minimum absolute atomic E-state index is 0.410. The zero-order chi connectivity index (χ0) is 13.7. The van der Waals surface area contributed by atoms with Crippen LogP contribution in [-0.2, 0) is 17.6 Å². The molecule has 1 aromatic carbocycles. The highest BCUT2D eigenvalue weighted by Gasteiger charge is 2.18. The quantitative estimate of drug-likeness (QED) is 0.893. The van der Waals surface area contributed by atoms with E-state index >= 15 is 0 Å². The van der Waals surface area contributed by atoms with Gasteiger partial charge in [-0.3, -0.25) is 9.78 Å². The fourth-order valence-electron chi connectivity index (χ4n) is 2.06. The SMILES string of the molecule is Cc1ccc(CC(Cc2cccnc2)C(=O)O)cc1. The molecule has 0 amide bonds. The van der Waals surface area contributed by atoms with Gasteiger partial charge >= 0.3 is 5.97 Å². The van der Waals surface area contributed by atoms with Gasteiger partial charge in [-0.25, -0.2) is 0 Å². The van der Waals surface area contributed by atoms with Crippen molar-refractivity contribution >= 4 is 5.97 Å². The number of aromatic nitrogens is 1. The zero-order valence-corrected chi connectivity index (χ0v) is 10.9. The Bertz CT molecular complexity index is 534. The van der Waals surface area contributed by atoms with Crippen LogP contribution in [0.25, 0.3) is 0 Å². The molecule has 3 heteroatoms. The van der Waals surface area contributed by atoms with Gasteiger partial charge in [-0.05, 0) is 37.0 Å². The van der Waals surface area contributed by atoms with E-state index < -0.39 is 11.9 Å². The molecule has 0 saturated heterocycles. The van der Waals surface area contributed by atoms with Gasteiger partial charge in [-0.2, -0.15) is 0 Å². The summed E-state index contributed by atoms with van der Waals surface area (Å²) in [5.41, 5.74) is 3.20. The second-order valence-corrected chi connectivity index (χ2v) is 4.79. The van der Waals surface area contributed by atoms with Crippen LogP contribution >= 0.6 is 0 Å². The predicted molar refractivity (Wildman–Crippen MR) is 73.9 cm³/mol. The summed E-state index contributed by atoms with van der Waals surface area (Å²) in [6.07, 6.45) is 4.48. The summed E-state index contributed by atoms with van der Waals surface area (Å²) in [6, 6.07) is 11.8. The molecule has 1 heterocycles. The molecule has 2 aromatic rings. The van der Waals surface area contributed by atoms with Crippen LogP contribution in [0, 0.1) is 12.8 Å². The second kappa shape index (κ2) is 6.14. The smallest absolute Gasteiger partial charge is 0.307 e. The molecule has 2 rings (SSSR count). The van der Waals surface area contributed by atoms with Gasteiger partial charge < -0.3 is 5.11 Å². The van der Waals surface area contributed by atoms with Gasteiger partial charge in [0, 0.05) is 12.4 Å². The largest absolute Gasteiger partial charge is 0.481 e. The summed E-state index contributed by atoms with van der Waals surface area (Å²) in [5.74, 6) is -1.17. The number of nitrogens with zero attached hydrogens (tertiary/aromatic N) is 1. The molecule has 0 saturated carbocycles. The Kier molecular flexibility index (Phi) is 4.29. The minimum atomic E-state index is -0.760. The molecule has 3 nitrogen and oxygen atoms in total. The summed E-state index contributed by atoms with van der Waals surface area (Å²) < 4.78 is 0. The van der Waals surface area contributed by atoms with Crippen LogP contribution in [0.2, 0.25) is 0 Å². The highest BCUT2D eigenvalue weighted by Crippen LogP contribution is 2.15. The third kappa shape index (κ3) is 3.91. The van der Waals surface area contributed by atoms with E-state index in [1.54, 1.807) is 12.4 Å². The molecule has 0 bridgehead atoms. The lowest BCUT2D eigenvalue weighted by Crippen LogP contribution is -2.19. The van der Waals surface area contributed by atoms with E-state index in [1.807, 2.05) is 43.3 Å². The van der Waals surface area contributed by atoms with Gasteiger partial charge in [0.05, 0.1) is 5.92 Å². The number of carboxylic acid groups (broad SMARTS) is 1. The number of aliphatic carboxylic acids is 1. The average molecular weight is 255 g/mol. The van der Waals surface area contributed by atoms with Gasteiger partial charge in [0.1, 0.15) is 0 Å². The molecule has 19 heavy (non-hydrogen) atoms. The molecule has 98 valence electrons. The normalized spacial score (nSPS) is 12.1.